The molecule has 0 atom stereocenters. The van der Waals surface area contributed by atoms with Gasteiger partial charge in [0.15, 0.2) is 0 Å². The van der Waals surface area contributed by atoms with Crippen LogP contribution in [0.2, 0.25) is 0 Å². The number of hydrogen-bond donors (Lipinski definition) is 1. The van der Waals surface area contributed by atoms with Gasteiger partial charge in [-0.1, -0.05) is 0 Å². The maximum atomic E-state index is 5.31. The lowest BCUT2D eigenvalue weighted by atomic mass is 10.3. The summed E-state index contributed by atoms with van der Waals surface area (Å²) in [6.45, 7) is 1.50. The highest BCUT2D eigenvalue weighted by Crippen LogP contribution is 2.17. The molecule has 0 amide bonds. The Hall–Kier alpha value is -2.46. The fourth-order valence-corrected chi connectivity index (χ4v) is 2.28. The van der Waals surface area contributed by atoms with Crippen LogP contribution in [0, 0.1) is 0 Å². The number of aromatic nitrogens is 1. The molecule has 0 radical (unpaired) electrons. The Balaban J connectivity index is 1.68. The van der Waals surface area contributed by atoms with Crippen LogP contribution in [-0.2, 0) is 13.1 Å². The van der Waals surface area contributed by atoms with E-state index in [0.717, 1.165) is 30.3 Å². The minimum atomic E-state index is 0.723. The molecule has 108 valence electrons. The molecule has 3 rings (SSSR count). The molecule has 0 aliphatic heterocycles. The van der Waals surface area contributed by atoms with E-state index in [4.69, 9.17) is 9.15 Å². The second kappa shape index (κ2) is 6.33. The molecule has 0 saturated heterocycles. The number of nitrogens with one attached hydrogen (secondary N) is 1. The van der Waals surface area contributed by atoms with Crippen LogP contribution < -0.4 is 10.1 Å². The first kappa shape index (κ1) is 13.5. The number of hydrogen-bond acceptors (Lipinski definition) is 3. The van der Waals surface area contributed by atoms with Crippen LogP contribution in [0.5, 0.6) is 5.75 Å². The third-order valence-corrected chi connectivity index (χ3v) is 3.37. The van der Waals surface area contributed by atoms with Crippen LogP contribution in [0.15, 0.2) is 65.4 Å². The Labute approximate surface area is 124 Å². The Morgan fingerprint density at radius 2 is 1.90 bits per heavy atom. The van der Waals surface area contributed by atoms with E-state index in [-0.39, 0.29) is 0 Å². The lowest BCUT2D eigenvalue weighted by Gasteiger charge is -2.10. The molecule has 1 N–H and O–H groups in total. The van der Waals surface area contributed by atoms with Gasteiger partial charge in [-0.25, -0.2) is 0 Å². The van der Waals surface area contributed by atoms with E-state index in [0.29, 0.717) is 0 Å². The molecule has 4 nitrogen and oxygen atoms in total. The van der Waals surface area contributed by atoms with Crippen LogP contribution in [0.1, 0.15) is 11.5 Å². The zero-order chi connectivity index (χ0) is 14.5. The highest BCUT2D eigenvalue weighted by molar-refractivity contribution is 5.39. The Kier molecular flexibility index (Phi) is 4.07. The zero-order valence-corrected chi connectivity index (χ0v) is 12.0. The summed E-state index contributed by atoms with van der Waals surface area (Å²) < 4.78 is 12.7. The molecule has 2 aromatic heterocycles. The van der Waals surface area contributed by atoms with Crippen molar-refractivity contribution in [3.05, 3.63) is 72.4 Å². The third-order valence-electron chi connectivity index (χ3n) is 3.37. The van der Waals surface area contributed by atoms with Crippen molar-refractivity contribution in [3.63, 3.8) is 0 Å². The fraction of sp³-hybridized carbons (Fsp3) is 0.176. The minimum Gasteiger partial charge on any atom is -0.497 e. The molecule has 0 aliphatic rings. The van der Waals surface area contributed by atoms with Gasteiger partial charge in [-0.15, -0.1) is 0 Å². The van der Waals surface area contributed by atoms with E-state index in [9.17, 15) is 0 Å². The highest BCUT2D eigenvalue weighted by Gasteiger charge is 2.04. The van der Waals surface area contributed by atoms with Crippen molar-refractivity contribution in [2.45, 2.75) is 13.1 Å². The number of furan rings is 1. The highest BCUT2D eigenvalue weighted by atomic mass is 16.5. The molecular formula is C17H18N2O2. The number of ether oxygens (including phenoxy) is 1. The standard InChI is InChI=1S/C17H18N2O2/c1-20-16-8-6-14(7-9-16)19-10-2-4-15(19)12-18-13-17-5-3-11-21-17/h2-11,18H,12-13H2,1H3. The molecule has 0 bridgehead atoms. The smallest absolute Gasteiger partial charge is 0.119 e. The summed E-state index contributed by atoms with van der Waals surface area (Å²) in [6.07, 6.45) is 3.75. The van der Waals surface area contributed by atoms with Gasteiger partial charge in [0.25, 0.3) is 0 Å². The monoisotopic (exact) mass is 282 g/mol. The van der Waals surface area contributed by atoms with Gasteiger partial charge in [0.05, 0.1) is 19.9 Å². The van der Waals surface area contributed by atoms with Gasteiger partial charge < -0.3 is 19.0 Å². The molecular weight excluding hydrogens is 264 g/mol. The van der Waals surface area contributed by atoms with Gasteiger partial charge in [-0.2, -0.15) is 0 Å². The number of rotatable bonds is 6. The number of benzene rings is 1. The van der Waals surface area contributed by atoms with E-state index in [1.54, 1.807) is 13.4 Å². The summed E-state index contributed by atoms with van der Waals surface area (Å²) in [4.78, 5) is 0. The molecule has 0 spiro atoms. The van der Waals surface area contributed by atoms with Gasteiger partial charge in [0.2, 0.25) is 0 Å². The summed E-state index contributed by atoms with van der Waals surface area (Å²) in [5, 5.41) is 3.38. The predicted octanol–water partition coefficient (Wildman–Crippen LogP) is 3.37. The Bertz CT molecular complexity index is 669. The molecule has 2 heterocycles. The molecule has 4 heteroatoms. The van der Waals surface area contributed by atoms with E-state index in [2.05, 4.69) is 34.3 Å². The molecule has 0 unspecified atom stereocenters. The summed E-state index contributed by atoms with van der Waals surface area (Å²) in [7, 11) is 1.68. The number of nitrogens with zero attached hydrogens (tertiary/aromatic N) is 1. The Morgan fingerprint density at radius 3 is 2.62 bits per heavy atom. The average Bonchev–Trinajstić information content (AvgIpc) is 3.19. The first-order valence-electron chi connectivity index (χ1n) is 6.90. The molecule has 21 heavy (non-hydrogen) atoms. The lowest BCUT2D eigenvalue weighted by molar-refractivity contribution is 0.414. The maximum Gasteiger partial charge on any atom is 0.119 e. The second-order valence-electron chi connectivity index (χ2n) is 4.75. The van der Waals surface area contributed by atoms with Crippen molar-refractivity contribution in [3.8, 4) is 11.4 Å². The minimum absolute atomic E-state index is 0.723. The van der Waals surface area contributed by atoms with Gasteiger partial charge >= 0.3 is 0 Å². The largest absolute Gasteiger partial charge is 0.497 e. The van der Waals surface area contributed by atoms with Gasteiger partial charge in [0, 0.05) is 24.1 Å². The zero-order valence-electron chi connectivity index (χ0n) is 12.0. The quantitative estimate of drug-likeness (QED) is 0.753. The maximum absolute atomic E-state index is 5.31. The van der Waals surface area contributed by atoms with Crippen molar-refractivity contribution >= 4 is 0 Å². The number of methoxy groups -OCH3 is 1. The van der Waals surface area contributed by atoms with E-state index >= 15 is 0 Å². The van der Waals surface area contributed by atoms with Gasteiger partial charge in [-0.3, -0.25) is 0 Å². The van der Waals surface area contributed by atoms with E-state index in [1.807, 2.05) is 30.3 Å². The lowest BCUT2D eigenvalue weighted by Crippen LogP contribution is -2.14. The SMILES string of the molecule is COc1ccc(-n2cccc2CNCc2ccco2)cc1. The fourth-order valence-electron chi connectivity index (χ4n) is 2.28. The molecule has 0 saturated carbocycles. The normalized spacial score (nSPS) is 10.7. The summed E-state index contributed by atoms with van der Waals surface area (Å²) in [6, 6.07) is 16.1. The van der Waals surface area contributed by atoms with E-state index < -0.39 is 0 Å². The first-order valence-corrected chi connectivity index (χ1v) is 6.90. The van der Waals surface area contributed by atoms with Crippen molar-refractivity contribution in [1.82, 2.24) is 9.88 Å². The summed E-state index contributed by atoms with van der Waals surface area (Å²) in [5.74, 6) is 1.81. The molecule has 3 aromatic rings. The first-order chi connectivity index (χ1) is 10.4. The van der Waals surface area contributed by atoms with Gasteiger partial charge in [0.1, 0.15) is 11.5 Å². The van der Waals surface area contributed by atoms with Crippen LogP contribution in [0.4, 0.5) is 0 Å². The molecule has 0 aliphatic carbocycles. The van der Waals surface area contributed by atoms with Crippen LogP contribution in [0.25, 0.3) is 5.69 Å². The predicted molar refractivity (Wildman–Crippen MR) is 81.6 cm³/mol. The van der Waals surface area contributed by atoms with Crippen molar-refractivity contribution in [2.24, 2.45) is 0 Å². The topological polar surface area (TPSA) is 39.3 Å². The molecule has 1 aromatic carbocycles. The van der Waals surface area contributed by atoms with Crippen molar-refractivity contribution < 1.29 is 9.15 Å². The van der Waals surface area contributed by atoms with E-state index in [1.165, 1.54) is 5.69 Å². The van der Waals surface area contributed by atoms with Crippen LogP contribution in [0.3, 0.4) is 0 Å². The molecule has 0 fully saturated rings. The third kappa shape index (κ3) is 3.17. The van der Waals surface area contributed by atoms with Crippen LogP contribution in [-0.4, -0.2) is 11.7 Å². The van der Waals surface area contributed by atoms with Crippen molar-refractivity contribution in [1.29, 1.82) is 0 Å². The Morgan fingerprint density at radius 1 is 1.05 bits per heavy atom. The summed E-state index contributed by atoms with van der Waals surface area (Å²) >= 11 is 0. The summed E-state index contributed by atoms with van der Waals surface area (Å²) in [5.41, 5.74) is 2.32. The van der Waals surface area contributed by atoms with Crippen LogP contribution >= 0.6 is 0 Å². The van der Waals surface area contributed by atoms with Crippen molar-refractivity contribution in [2.75, 3.05) is 7.11 Å². The second-order valence-corrected chi connectivity index (χ2v) is 4.75. The average molecular weight is 282 g/mol. The van der Waals surface area contributed by atoms with Gasteiger partial charge in [-0.05, 0) is 48.5 Å².